The summed E-state index contributed by atoms with van der Waals surface area (Å²) >= 11 is 0. The van der Waals surface area contributed by atoms with Crippen molar-refractivity contribution < 1.29 is 86.0 Å². The lowest BCUT2D eigenvalue weighted by Crippen LogP contribution is -2.43. The molecule has 0 aromatic heterocycles. The number of imide groups is 6. The van der Waals surface area contributed by atoms with E-state index in [9.17, 15) is 0 Å². The average molecular weight is 1710 g/mol. The molecule has 34 heterocycles. The summed E-state index contributed by atoms with van der Waals surface area (Å²) < 4.78 is 40.1. The molecule has 43 rings (SSSR count). The lowest BCUT2D eigenvalue weighted by atomic mass is 9.85. The number of rotatable bonds is 36. The van der Waals surface area contributed by atoms with Gasteiger partial charge in [-0.2, -0.15) is 0 Å². The number of hydrogen-bond acceptors (Lipinski definition) is 18. The van der Waals surface area contributed by atoms with Crippen molar-refractivity contribution in [3.05, 3.63) is 209 Å². The predicted octanol–water partition coefficient (Wildman–Crippen LogP) is 20.0. The van der Waals surface area contributed by atoms with Crippen molar-refractivity contribution in [1.82, 2.24) is 29.4 Å². The molecule has 0 aliphatic carbocycles. The molecule has 0 radical (unpaired) electrons. The average Bonchev–Trinajstić information content (AvgIpc) is 0.719. The van der Waals surface area contributed by atoms with Crippen LogP contribution in [0.25, 0.3) is 32.3 Å². The van der Waals surface area contributed by atoms with Crippen molar-refractivity contribution in [3.63, 3.8) is 0 Å². The number of ether oxygens (including phenoxy) is 6. The van der Waals surface area contributed by atoms with Gasteiger partial charge < -0.3 is 28.4 Å². The molecule has 0 fully saturated rings. The highest BCUT2D eigenvalue weighted by atomic mass is 16.5. The smallest absolute Gasteiger partial charge is 0.261 e. The van der Waals surface area contributed by atoms with Gasteiger partial charge in [-0.1, -0.05) is 157 Å². The highest BCUT2D eigenvalue weighted by Gasteiger charge is 2.46. The van der Waals surface area contributed by atoms with Gasteiger partial charge in [0.15, 0.2) is 0 Å². The molecule has 0 atom stereocenters. The Morgan fingerprint density at radius 2 is 0.302 bits per heavy atom. The molecule has 126 heavy (non-hydrogen) atoms. The number of carbonyl (C=O) groups is 12. The summed E-state index contributed by atoms with van der Waals surface area (Å²) in [6.07, 6.45) is 20.2. The van der Waals surface area contributed by atoms with E-state index in [1.54, 1.807) is 36.4 Å². The third kappa shape index (κ3) is 16.4. The molecule has 0 saturated heterocycles. The normalized spacial score (nSPS) is 15.3. The van der Waals surface area contributed by atoms with Crippen LogP contribution in [0.2, 0.25) is 0 Å². The third-order valence-electron chi connectivity index (χ3n) is 25.4. The Labute approximate surface area is 733 Å². The quantitative estimate of drug-likeness (QED) is 0.0260. The number of carbonyl (C=O) groups excluding carboxylic acids is 12. The minimum atomic E-state index is -0.711. The van der Waals surface area contributed by atoms with E-state index in [1.165, 1.54) is 72.8 Å². The van der Waals surface area contributed by atoms with Gasteiger partial charge in [0.25, 0.3) is 70.9 Å². The Balaban J connectivity index is 0.830. The summed E-state index contributed by atoms with van der Waals surface area (Å²) in [7, 11) is 0. The highest BCUT2D eigenvalue weighted by molar-refractivity contribution is 6.36. The second-order valence-electron chi connectivity index (χ2n) is 34.1. The van der Waals surface area contributed by atoms with Crippen LogP contribution >= 0.6 is 0 Å². The van der Waals surface area contributed by atoms with Crippen molar-refractivity contribution >= 4 is 103 Å². The van der Waals surface area contributed by atoms with Crippen LogP contribution in [0, 0.1) is 0 Å². The first-order valence-electron chi connectivity index (χ1n) is 45.5. The lowest BCUT2D eigenvalue weighted by Gasteiger charge is -2.33. The predicted molar refractivity (Wildman–Crippen MR) is 474 cm³/mol. The van der Waals surface area contributed by atoms with Gasteiger partial charge in [0.1, 0.15) is 34.5 Å². The monoisotopic (exact) mass is 1700 g/mol. The topological polar surface area (TPSA) is 280 Å². The number of benzene rings is 9. The van der Waals surface area contributed by atoms with Crippen molar-refractivity contribution in [2.24, 2.45) is 0 Å². The number of amides is 12. The Morgan fingerprint density at radius 3 is 0.413 bits per heavy atom. The first-order valence-corrected chi connectivity index (χ1v) is 45.5. The van der Waals surface area contributed by atoms with Crippen molar-refractivity contribution in [1.29, 1.82) is 0 Å². The maximum Gasteiger partial charge on any atom is 0.261 e. The maximum atomic E-state index is 15.5. The first kappa shape index (κ1) is 86.9. The zero-order valence-corrected chi connectivity index (χ0v) is 72.9. The summed E-state index contributed by atoms with van der Waals surface area (Å²) in [5.74, 6) is -7.00. The molecule has 9 aromatic rings. The number of hydrogen-bond donors (Lipinski definition) is 0. The molecule has 34 aliphatic rings. The van der Waals surface area contributed by atoms with Crippen molar-refractivity contribution in [2.45, 2.75) is 235 Å². The Morgan fingerprint density at radius 1 is 0.183 bits per heavy atom. The minimum absolute atomic E-state index is 0.0657. The molecule has 24 nitrogen and oxygen atoms in total. The van der Waals surface area contributed by atoms with E-state index in [4.69, 9.17) is 28.4 Å². The van der Waals surface area contributed by atoms with Crippen LogP contribution in [0.5, 0.6) is 34.5 Å². The van der Waals surface area contributed by atoms with Crippen LogP contribution in [0.15, 0.2) is 109 Å². The summed E-state index contributed by atoms with van der Waals surface area (Å²) in [6, 6.07) is 28.1. The van der Waals surface area contributed by atoms with Gasteiger partial charge in [-0.15, -0.1) is 0 Å². The Hall–Kier alpha value is -12.6. The molecular weight excluding hydrogens is 1600 g/mol. The summed E-state index contributed by atoms with van der Waals surface area (Å²) in [5.41, 5.74) is 3.02. The first-order chi connectivity index (χ1) is 61.3. The number of nitrogens with zero attached hydrogens (tertiary/aromatic N) is 6. The van der Waals surface area contributed by atoms with E-state index < -0.39 is 70.9 Å². The van der Waals surface area contributed by atoms with Gasteiger partial charge in [-0.3, -0.25) is 86.9 Å². The van der Waals surface area contributed by atoms with E-state index in [-0.39, 0.29) is 212 Å². The van der Waals surface area contributed by atoms with Gasteiger partial charge in [0.05, 0.1) is 78.9 Å². The number of unbranched alkanes of at least 4 members (excludes halogenated alkanes) is 18. The molecule has 0 N–H and O–H groups in total. The molecule has 0 spiro atoms. The fourth-order valence-electron chi connectivity index (χ4n) is 18.6. The minimum Gasteiger partial charge on any atom is -0.493 e. The largest absolute Gasteiger partial charge is 0.493 e. The molecule has 12 amide bonds. The molecule has 0 saturated carbocycles. The zero-order valence-electron chi connectivity index (χ0n) is 72.9. The maximum absolute atomic E-state index is 15.5. The second-order valence-corrected chi connectivity index (χ2v) is 34.1. The van der Waals surface area contributed by atoms with Crippen LogP contribution < -0.4 is 28.4 Å². The van der Waals surface area contributed by atoms with Crippen molar-refractivity contribution in [3.8, 4) is 34.5 Å². The van der Waals surface area contributed by atoms with Crippen LogP contribution in [0.1, 0.15) is 353 Å². The highest BCUT2D eigenvalue weighted by Crippen LogP contribution is 2.47. The molecule has 0 unspecified atom stereocenters. The van der Waals surface area contributed by atoms with Crippen LogP contribution in [0.4, 0.5) is 0 Å². The van der Waals surface area contributed by atoms with Crippen molar-refractivity contribution in [2.75, 3.05) is 39.6 Å². The summed E-state index contributed by atoms with van der Waals surface area (Å²) in [4.78, 5) is 192. The molecule has 9 aromatic carbocycles. The lowest BCUT2D eigenvalue weighted by molar-refractivity contribution is 0.0573. The molecule has 654 valence electrons. The van der Waals surface area contributed by atoms with Gasteiger partial charge >= 0.3 is 0 Å². The molecule has 30 bridgehead atoms. The van der Waals surface area contributed by atoms with Gasteiger partial charge in [-0.25, -0.2) is 0 Å². The summed E-state index contributed by atoms with van der Waals surface area (Å²) in [5, 5.41) is 0.826. The van der Waals surface area contributed by atoms with E-state index in [0.717, 1.165) is 145 Å². The molecule has 34 aliphatic heterocycles. The Bertz CT molecular complexity index is 4830. The van der Waals surface area contributed by atoms with Crippen LogP contribution in [-0.2, 0) is 39.3 Å². The van der Waals surface area contributed by atoms with Crippen LogP contribution in [0.3, 0.4) is 0 Å². The molecular formula is C102H108N6O18. The molecule has 24 heteroatoms. The van der Waals surface area contributed by atoms with Gasteiger partial charge in [0.2, 0.25) is 0 Å². The third-order valence-corrected chi connectivity index (χ3v) is 25.4. The van der Waals surface area contributed by atoms with Crippen LogP contribution in [-0.4, -0.2) is 140 Å². The second kappa shape index (κ2) is 38.1. The van der Waals surface area contributed by atoms with E-state index in [2.05, 4.69) is 41.5 Å². The van der Waals surface area contributed by atoms with Gasteiger partial charge in [0, 0.05) is 132 Å². The van der Waals surface area contributed by atoms with E-state index in [0.29, 0.717) is 71.9 Å². The zero-order chi connectivity index (χ0) is 88.1. The van der Waals surface area contributed by atoms with Gasteiger partial charge in [-0.05, 0) is 148 Å². The SMILES string of the molecule is CCCCCCOc1cc2c(OCCCCCC)cc1CN1C(=O)c3ccc4c5c(ccc(c35)C1=O)C(=O)N(Cc1cc(OCCCCCC)c(cc1OCCCCCC)CN1C(=O)c3ccc5c6c(ccc(c36)C1=O)C(=O)N(Cc1cc(OCCCCCC)c(cc1OCCCCCC)CN1C(=O)c3ccc6c7c(ccc(c37)C1=O)C(=O)N(C2)C6=O)C5=O)C4=O. The van der Waals surface area contributed by atoms with E-state index in [1.807, 2.05) is 0 Å². The fraction of sp³-hybridized carbons (Fsp3) is 0.412. The van der Waals surface area contributed by atoms with E-state index >= 15 is 57.5 Å². The summed E-state index contributed by atoms with van der Waals surface area (Å²) in [6.45, 7) is 11.8. The standard InChI is InChI=1S/C102H108N6O18/c1-7-13-19-25-43-121-79-49-62-56-104-93(111)69-35-37-73-88-74(38-36-70(86(69)88)94(104)112)98(116)106(97(73)115)58-64-52-84(126-48-30-24-18-12-6)66(54-83(64)125-47-29-23-17-11-5)60-108-101(119)77-41-39-75-89-76(40-42-78(90(77)89)102(108)120)100(118)107(99(75)117)59-65-53-81(123-45-27-21-15-9-3)63(51-82(65)124-46-28-22-16-10-4)57-105-95(113)71-33-31-67-85-68(32-34-72(87(71)85)96(105)114)92(110)103(91(67)109)55-61(79)50-80(62)122-44-26-20-14-8-2/h31-42,49-54H,7-30,43-48,55-60H2,1-6H3. The fourth-order valence-corrected chi connectivity index (χ4v) is 18.6. The Kier molecular flexibility index (Phi) is 26.3.